The Morgan fingerprint density at radius 2 is 2.00 bits per heavy atom. The van der Waals surface area contributed by atoms with Crippen molar-refractivity contribution in [3.05, 3.63) is 76.5 Å². The topological polar surface area (TPSA) is 98.3 Å². The summed E-state index contributed by atoms with van der Waals surface area (Å²) in [5, 5.41) is 1.69. The second kappa shape index (κ2) is 8.99. The molecular formula is C24H22FN3O3P+. The van der Waals surface area contributed by atoms with Gasteiger partial charge in [-0.05, 0) is 70.8 Å². The summed E-state index contributed by atoms with van der Waals surface area (Å²) in [6.07, 6.45) is 4.49. The number of pyridine rings is 2. The van der Waals surface area contributed by atoms with E-state index in [0.717, 1.165) is 41.0 Å². The molecule has 0 aliphatic carbocycles. The van der Waals surface area contributed by atoms with Gasteiger partial charge in [-0.3, -0.25) is 4.98 Å². The fourth-order valence-corrected chi connectivity index (χ4v) is 4.00. The van der Waals surface area contributed by atoms with E-state index in [1.165, 1.54) is 11.1 Å². The monoisotopic (exact) mass is 450 g/mol. The Morgan fingerprint density at radius 3 is 2.72 bits per heavy atom. The highest BCUT2D eigenvalue weighted by atomic mass is 31.1. The summed E-state index contributed by atoms with van der Waals surface area (Å²) in [6.45, 7) is 2.07. The molecule has 8 heteroatoms. The first kappa shape index (κ1) is 21.8. The molecule has 0 spiro atoms. The maximum absolute atomic E-state index is 13.6. The quantitative estimate of drug-likeness (QED) is 0.299. The summed E-state index contributed by atoms with van der Waals surface area (Å²) in [6, 6.07) is 13.2. The maximum Gasteiger partial charge on any atom is 0.577 e. The van der Waals surface area contributed by atoms with Gasteiger partial charge < -0.3 is 10.5 Å². The molecule has 3 N–H and O–H groups in total. The van der Waals surface area contributed by atoms with Crippen LogP contribution in [-0.4, -0.2) is 22.0 Å². The third kappa shape index (κ3) is 4.44. The van der Waals surface area contributed by atoms with Gasteiger partial charge in [0.15, 0.2) is 5.82 Å². The van der Waals surface area contributed by atoms with Crippen LogP contribution in [-0.2, 0) is 17.4 Å². The molecule has 0 saturated carbocycles. The summed E-state index contributed by atoms with van der Waals surface area (Å²) in [5.41, 5.74) is 10.1. The molecule has 0 amide bonds. The Bertz CT molecular complexity index is 1390. The highest BCUT2D eigenvalue weighted by molar-refractivity contribution is 7.43. The molecule has 0 radical (unpaired) electrons. The van der Waals surface area contributed by atoms with E-state index in [-0.39, 0.29) is 5.82 Å². The van der Waals surface area contributed by atoms with Crippen LogP contribution in [0, 0.1) is 6.92 Å². The standard InChI is InChI=1S/C24H21FN3O3P/c1-14-9-18(31-2)7-6-17(14)5-3-16-10-20-19-8-4-15(12-22(25)32(29)30)11-21(19)28-24(26)23(20)27-13-16/h4,6-13H,3,5H2,1-2H3,(H2-,26,28,29,30)/p+1/b22-12+. The SMILES string of the molecule is COc1ccc(CCc2cnc3c(N)nc4cc(/C=C(\F)[P+](=O)O)ccc4c3c2)c(C)c1. The number of aryl methyl sites for hydroxylation is 3. The van der Waals surface area contributed by atoms with Crippen molar-refractivity contribution in [2.45, 2.75) is 19.8 Å². The van der Waals surface area contributed by atoms with Crippen molar-refractivity contribution in [2.75, 3.05) is 12.8 Å². The molecule has 4 aromatic rings. The number of nitrogen functional groups attached to an aromatic ring is 1. The van der Waals surface area contributed by atoms with E-state index in [1.54, 1.807) is 25.3 Å². The van der Waals surface area contributed by atoms with Gasteiger partial charge in [-0.1, -0.05) is 18.2 Å². The number of hydrogen-bond acceptors (Lipinski definition) is 5. The van der Waals surface area contributed by atoms with E-state index in [1.807, 2.05) is 18.3 Å². The van der Waals surface area contributed by atoms with Crippen LogP contribution in [0.5, 0.6) is 5.75 Å². The lowest BCUT2D eigenvalue weighted by molar-refractivity contribution is 0.414. The van der Waals surface area contributed by atoms with Crippen molar-refractivity contribution in [1.82, 2.24) is 9.97 Å². The molecule has 2 aromatic carbocycles. The van der Waals surface area contributed by atoms with Gasteiger partial charge in [-0.25, -0.2) is 4.98 Å². The van der Waals surface area contributed by atoms with Crippen LogP contribution in [0.2, 0.25) is 0 Å². The molecule has 0 saturated heterocycles. The number of hydrogen-bond donors (Lipinski definition) is 2. The van der Waals surface area contributed by atoms with Crippen LogP contribution < -0.4 is 10.5 Å². The number of aromatic nitrogens is 2. The van der Waals surface area contributed by atoms with Gasteiger partial charge in [0, 0.05) is 23.0 Å². The van der Waals surface area contributed by atoms with Crippen molar-refractivity contribution in [3.63, 3.8) is 0 Å². The second-order valence-electron chi connectivity index (χ2n) is 7.55. The van der Waals surface area contributed by atoms with Crippen molar-refractivity contribution >= 4 is 41.7 Å². The van der Waals surface area contributed by atoms with Gasteiger partial charge >= 0.3 is 13.6 Å². The Hall–Kier alpha value is -3.41. The fourth-order valence-electron chi connectivity index (χ4n) is 3.74. The molecule has 162 valence electrons. The lowest BCUT2D eigenvalue weighted by atomic mass is 9.99. The number of rotatable bonds is 6. The molecule has 32 heavy (non-hydrogen) atoms. The minimum Gasteiger partial charge on any atom is -0.497 e. The molecule has 0 fully saturated rings. The van der Waals surface area contributed by atoms with E-state index >= 15 is 0 Å². The summed E-state index contributed by atoms with van der Waals surface area (Å²) < 4.78 is 29.7. The van der Waals surface area contributed by atoms with E-state index in [4.69, 9.17) is 15.4 Å². The van der Waals surface area contributed by atoms with Crippen molar-refractivity contribution in [2.24, 2.45) is 0 Å². The van der Waals surface area contributed by atoms with Gasteiger partial charge in [-0.15, -0.1) is 4.39 Å². The number of methoxy groups -OCH3 is 1. The highest BCUT2D eigenvalue weighted by Crippen LogP contribution is 2.32. The van der Waals surface area contributed by atoms with Crippen LogP contribution in [0.15, 0.2) is 54.2 Å². The zero-order valence-electron chi connectivity index (χ0n) is 17.7. The van der Waals surface area contributed by atoms with Crippen LogP contribution in [0.3, 0.4) is 0 Å². The third-order valence-electron chi connectivity index (χ3n) is 5.44. The fraction of sp³-hybridized carbons (Fsp3) is 0.167. The number of anilines is 1. The van der Waals surface area contributed by atoms with E-state index < -0.39 is 13.6 Å². The zero-order valence-corrected chi connectivity index (χ0v) is 18.6. The Kier molecular flexibility index (Phi) is 6.12. The second-order valence-corrected chi connectivity index (χ2v) is 8.52. The molecular weight excluding hydrogens is 428 g/mol. The van der Waals surface area contributed by atoms with Crippen molar-refractivity contribution < 1.29 is 18.6 Å². The largest absolute Gasteiger partial charge is 0.577 e. The van der Waals surface area contributed by atoms with E-state index in [2.05, 4.69) is 29.0 Å². The minimum absolute atomic E-state index is 0.278. The van der Waals surface area contributed by atoms with E-state index in [9.17, 15) is 8.96 Å². The average molecular weight is 450 g/mol. The maximum atomic E-state index is 13.6. The Balaban J connectivity index is 1.69. The van der Waals surface area contributed by atoms with Gasteiger partial charge in [0.2, 0.25) is 0 Å². The van der Waals surface area contributed by atoms with Gasteiger partial charge in [-0.2, -0.15) is 4.89 Å². The summed E-state index contributed by atoms with van der Waals surface area (Å²) >= 11 is 0. The normalized spacial score (nSPS) is 12.4. The summed E-state index contributed by atoms with van der Waals surface area (Å²) in [4.78, 5) is 17.8. The number of nitrogens with two attached hydrogens (primary N) is 1. The van der Waals surface area contributed by atoms with Crippen molar-refractivity contribution in [1.29, 1.82) is 0 Å². The first-order chi connectivity index (χ1) is 15.4. The van der Waals surface area contributed by atoms with Crippen LogP contribution in [0.4, 0.5) is 10.2 Å². The van der Waals surface area contributed by atoms with Crippen LogP contribution >= 0.6 is 8.03 Å². The molecule has 6 nitrogen and oxygen atoms in total. The lowest BCUT2D eigenvalue weighted by Crippen LogP contribution is -1.99. The average Bonchev–Trinajstić information content (AvgIpc) is 2.78. The zero-order chi connectivity index (χ0) is 22.8. The van der Waals surface area contributed by atoms with Crippen LogP contribution in [0.25, 0.3) is 27.9 Å². The molecule has 0 aliphatic rings. The number of halogens is 1. The first-order valence-corrected chi connectivity index (χ1v) is 11.2. The molecule has 1 atom stereocenters. The first-order valence-electron chi connectivity index (χ1n) is 10.0. The smallest absolute Gasteiger partial charge is 0.497 e. The predicted molar refractivity (Wildman–Crippen MR) is 126 cm³/mol. The number of nitrogens with zero attached hydrogens (tertiary/aromatic N) is 2. The minimum atomic E-state index is -3.01. The van der Waals surface area contributed by atoms with Gasteiger partial charge in [0.1, 0.15) is 11.3 Å². The molecule has 0 bridgehead atoms. The molecule has 0 aliphatic heterocycles. The summed E-state index contributed by atoms with van der Waals surface area (Å²) in [7, 11) is -1.36. The number of ether oxygens (including phenoxy) is 1. The Labute approximate surface area is 185 Å². The predicted octanol–water partition coefficient (Wildman–Crippen LogP) is 5.47. The third-order valence-corrected chi connectivity index (χ3v) is 5.94. The van der Waals surface area contributed by atoms with Crippen molar-refractivity contribution in [3.8, 4) is 5.75 Å². The van der Waals surface area contributed by atoms with E-state index in [0.29, 0.717) is 16.6 Å². The molecule has 2 heterocycles. The number of benzene rings is 2. The molecule has 2 aromatic heterocycles. The summed E-state index contributed by atoms with van der Waals surface area (Å²) in [5.74, 6) is 1.12. The van der Waals surface area contributed by atoms with Gasteiger partial charge in [0.05, 0.1) is 12.6 Å². The van der Waals surface area contributed by atoms with Crippen LogP contribution in [0.1, 0.15) is 22.3 Å². The molecule has 1 unspecified atom stereocenters. The Morgan fingerprint density at radius 1 is 1.19 bits per heavy atom. The van der Waals surface area contributed by atoms with Gasteiger partial charge in [0.25, 0.3) is 0 Å². The number of fused-ring (bicyclic) bond motifs is 3. The lowest BCUT2D eigenvalue weighted by Gasteiger charge is -2.10. The molecule has 4 rings (SSSR count). The highest BCUT2D eigenvalue weighted by Gasteiger charge is 2.20.